The third-order valence-corrected chi connectivity index (χ3v) is 5.71. The van der Waals surface area contributed by atoms with Crippen LogP contribution in [0, 0.1) is 0 Å². The van der Waals surface area contributed by atoms with Gasteiger partial charge in [0.1, 0.15) is 0 Å². The number of hydrogen-bond donors (Lipinski definition) is 1. The van der Waals surface area contributed by atoms with Crippen molar-refractivity contribution in [2.45, 2.75) is 50.8 Å². The van der Waals surface area contributed by atoms with E-state index in [1.165, 1.54) is 28.6 Å². The number of benzene rings is 1. The Bertz CT molecular complexity index is 783. The van der Waals surface area contributed by atoms with Gasteiger partial charge in [0.15, 0.2) is 6.61 Å². The Morgan fingerprint density at radius 1 is 1.26 bits per heavy atom. The second kappa shape index (κ2) is 8.81. The number of rotatable bonds is 6. The molecular formula is C18H26N2O6S. The van der Waals surface area contributed by atoms with Crippen LogP contribution in [0.5, 0.6) is 0 Å². The van der Waals surface area contributed by atoms with E-state index in [-0.39, 0.29) is 41.8 Å². The molecule has 9 heteroatoms. The Balaban J connectivity index is 2.12. The van der Waals surface area contributed by atoms with Crippen LogP contribution in [0.1, 0.15) is 38.1 Å². The average Bonchev–Trinajstić information content (AvgIpc) is 2.58. The zero-order valence-corrected chi connectivity index (χ0v) is 16.8. The van der Waals surface area contributed by atoms with E-state index in [1.54, 1.807) is 13.8 Å². The first-order valence-electron chi connectivity index (χ1n) is 8.81. The summed E-state index contributed by atoms with van der Waals surface area (Å²) in [5.74, 6) is -1.17. The molecule has 0 bridgehead atoms. The topological polar surface area (TPSA) is 102 Å². The SMILES string of the molecule is CC(C)NC(=O)COC(=O)c1cccc(S(=O)(=O)N2C[C@@H](C)O[C@@H](C)C2)c1. The maximum absolute atomic E-state index is 12.9. The van der Waals surface area contributed by atoms with Gasteiger partial charge in [-0.15, -0.1) is 0 Å². The summed E-state index contributed by atoms with van der Waals surface area (Å²) in [5, 5.41) is 2.61. The fourth-order valence-electron chi connectivity index (χ4n) is 2.84. The van der Waals surface area contributed by atoms with Crippen LogP contribution in [-0.4, -0.2) is 62.5 Å². The molecule has 2 atom stereocenters. The van der Waals surface area contributed by atoms with Crippen LogP contribution in [0.15, 0.2) is 29.2 Å². The van der Waals surface area contributed by atoms with Crippen LogP contribution >= 0.6 is 0 Å². The molecule has 1 fully saturated rings. The van der Waals surface area contributed by atoms with Gasteiger partial charge in [-0.25, -0.2) is 13.2 Å². The van der Waals surface area contributed by atoms with Crippen LogP contribution in [0.4, 0.5) is 0 Å². The molecule has 1 N–H and O–H groups in total. The first-order valence-corrected chi connectivity index (χ1v) is 10.3. The van der Waals surface area contributed by atoms with Crippen LogP contribution in [0.25, 0.3) is 0 Å². The van der Waals surface area contributed by atoms with Crippen molar-refractivity contribution >= 4 is 21.9 Å². The highest BCUT2D eigenvalue weighted by Crippen LogP contribution is 2.22. The molecule has 1 saturated heterocycles. The highest BCUT2D eigenvalue weighted by atomic mass is 32.2. The van der Waals surface area contributed by atoms with Crippen LogP contribution in [-0.2, 0) is 24.3 Å². The summed E-state index contributed by atoms with van der Waals surface area (Å²) in [7, 11) is -3.76. The number of ether oxygens (including phenoxy) is 2. The Morgan fingerprint density at radius 3 is 2.48 bits per heavy atom. The van der Waals surface area contributed by atoms with Crippen molar-refractivity contribution in [3.8, 4) is 0 Å². The number of esters is 1. The van der Waals surface area contributed by atoms with E-state index in [1.807, 2.05) is 13.8 Å². The zero-order valence-electron chi connectivity index (χ0n) is 16.0. The molecule has 0 aliphatic carbocycles. The molecule has 8 nitrogen and oxygen atoms in total. The number of carbonyl (C=O) groups excluding carboxylic acids is 2. The second-order valence-corrected chi connectivity index (χ2v) is 8.84. The predicted octanol–water partition coefficient (Wildman–Crippen LogP) is 1.17. The normalized spacial score (nSPS) is 21.1. The molecule has 1 aliphatic rings. The van der Waals surface area contributed by atoms with Gasteiger partial charge in [-0.1, -0.05) is 6.07 Å². The minimum Gasteiger partial charge on any atom is -0.452 e. The Hall–Kier alpha value is -1.97. The van der Waals surface area contributed by atoms with E-state index >= 15 is 0 Å². The average molecular weight is 398 g/mol. The van der Waals surface area contributed by atoms with E-state index in [0.29, 0.717) is 0 Å². The number of morpholine rings is 1. The number of nitrogens with one attached hydrogen (secondary N) is 1. The molecule has 1 heterocycles. The maximum atomic E-state index is 12.9. The van der Waals surface area contributed by atoms with Crippen LogP contribution in [0.3, 0.4) is 0 Å². The molecule has 0 spiro atoms. The molecule has 27 heavy (non-hydrogen) atoms. The largest absolute Gasteiger partial charge is 0.452 e. The number of nitrogens with zero attached hydrogens (tertiary/aromatic N) is 1. The van der Waals surface area contributed by atoms with E-state index in [0.717, 1.165) is 0 Å². The third-order valence-electron chi connectivity index (χ3n) is 3.88. The lowest BCUT2D eigenvalue weighted by Crippen LogP contribution is -2.48. The first-order chi connectivity index (χ1) is 12.6. The van der Waals surface area contributed by atoms with Gasteiger partial charge in [0.2, 0.25) is 10.0 Å². The maximum Gasteiger partial charge on any atom is 0.338 e. The third kappa shape index (κ3) is 5.75. The van der Waals surface area contributed by atoms with Gasteiger partial charge in [0.25, 0.3) is 5.91 Å². The van der Waals surface area contributed by atoms with Gasteiger partial charge >= 0.3 is 5.97 Å². The standard InChI is InChI=1S/C18H26N2O6S/c1-12(2)19-17(21)11-25-18(22)15-6-5-7-16(8-15)27(23,24)20-9-13(3)26-14(4)10-20/h5-8,12-14H,9-11H2,1-4H3,(H,19,21)/t13-,14+. The molecule has 1 amide bonds. The van der Waals surface area contributed by atoms with Gasteiger partial charge in [0.05, 0.1) is 22.7 Å². The molecule has 1 aromatic rings. The Morgan fingerprint density at radius 2 is 1.89 bits per heavy atom. The minimum absolute atomic E-state index is 0.00452. The van der Waals surface area contributed by atoms with Gasteiger partial charge in [0, 0.05) is 19.1 Å². The minimum atomic E-state index is -3.76. The summed E-state index contributed by atoms with van der Waals surface area (Å²) in [5.41, 5.74) is 0.0720. The van der Waals surface area contributed by atoms with Crippen molar-refractivity contribution in [1.29, 1.82) is 0 Å². The smallest absolute Gasteiger partial charge is 0.338 e. The monoisotopic (exact) mass is 398 g/mol. The molecule has 0 aromatic heterocycles. The molecule has 150 valence electrons. The molecule has 1 aromatic carbocycles. The van der Waals surface area contributed by atoms with Crippen LogP contribution < -0.4 is 5.32 Å². The summed E-state index contributed by atoms with van der Waals surface area (Å²) < 4.78 is 37.7. The lowest BCUT2D eigenvalue weighted by Gasteiger charge is -2.34. The number of hydrogen-bond acceptors (Lipinski definition) is 6. The fourth-order valence-corrected chi connectivity index (χ4v) is 4.47. The highest BCUT2D eigenvalue weighted by molar-refractivity contribution is 7.89. The molecule has 1 aliphatic heterocycles. The first kappa shape index (κ1) is 21.3. The molecule has 2 rings (SSSR count). The number of amides is 1. The molecule has 0 unspecified atom stereocenters. The van der Waals surface area contributed by atoms with Crippen LogP contribution in [0.2, 0.25) is 0 Å². The Labute approximate surface area is 159 Å². The number of sulfonamides is 1. The summed E-state index contributed by atoms with van der Waals surface area (Å²) in [6.07, 6.45) is -0.424. The lowest BCUT2D eigenvalue weighted by atomic mass is 10.2. The lowest BCUT2D eigenvalue weighted by molar-refractivity contribution is -0.124. The summed E-state index contributed by atoms with van der Waals surface area (Å²) in [6, 6.07) is 5.56. The van der Waals surface area contributed by atoms with Gasteiger partial charge in [-0.05, 0) is 45.9 Å². The van der Waals surface area contributed by atoms with Crippen molar-refractivity contribution < 1.29 is 27.5 Å². The van der Waals surface area contributed by atoms with E-state index < -0.39 is 28.5 Å². The zero-order chi connectivity index (χ0) is 20.2. The molecule has 0 radical (unpaired) electrons. The quantitative estimate of drug-likeness (QED) is 0.722. The summed E-state index contributed by atoms with van der Waals surface area (Å²) in [4.78, 5) is 23.7. The highest BCUT2D eigenvalue weighted by Gasteiger charge is 2.32. The predicted molar refractivity (Wildman–Crippen MR) is 98.8 cm³/mol. The van der Waals surface area contributed by atoms with Crippen molar-refractivity contribution in [3.63, 3.8) is 0 Å². The number of carbonyl (C=O) groups is 2. The van der Waals surface area contributed by atoms with Crippen molar-refractivity contribution in [2.24, 2.45) is 0 Å². The van der Waals surface area contributed by atoms with Gasteiger partial charge < -0.3 is 14.8 Å². The molecular weight excluding hydrogens is 372 g/mol. The summed E-state index contributed by atoms with van der Waals surface area (Å²) >= 11 is 0. The van der Waals surface area contributed by atoms with Crippen molar-refractivity contribution in [1.82, 2.24) is 9.62 Å². The van der Waals surface area contributed by atoms with Gasteiger partial charge in [-0.3, -0.25) is 4.79 Å². The molecule has 0 saturated carbocycles. The Kier molecular flexibility index (Phi) is 6.96. The van der Waals surface area contributed by atoms with E-state index in [2.05, 4.69) is 5.32 Å². The van der Waals surface area contributed by atoms with Crippen molar-refractivity contribution in [3.05, 3.63) is 29.8 Å². The van der Waals surface area contributed by atoms with Gasteiger partial charge in [-0.2, -0.15) is 4.31 Å². The van der Waals surface area contributed by atoms with Crippen molar-refractivity contribution in [2.75, 3.05) is 19.7 Å². The fraction of sp³-hybridized carbons (Fsp3) is 0.556. The van der Waals surface area contributed by atoms with E-state index in [9.17, 15) is 18.0 Å². The summed E-state index contributed by atoms with van der Waals surface area (Å²) in [6.45, 7) is 7.28. The van der Waals surface area contributed by atoms with E-state index in [4.69, 9.17) is 9.47 Å². The second-order valence-electron chi connectivity index (χ2n) is 6.91.